The number of benzene rings is 2. The van der Waals surface area contributed by atoms with Gasteiger partial charge < -0.3 is 9.30 Å². The summed E-state index contributed by atoms with van der Waals surface area (Å²) in [5, 5.41) is 1.27. The Hall–Kier alpha value is -4.06. The van der Waals surface area contributed by atoms with Crippen LogP contribution < -0.4 is 15.2 Å². The third-order valence-electron chi connectivity index (χ3n) is 5.14. The molecule has 1 aliphatic rings. The Kier molecular flexibility index (Phi) is 5.45. The van der Waals surface area contributed by atoms with E-state index in [9.17, 15) is 9.59 Å². The first-order chi connectivity index (χ1) is 15.0. The normalized spacial score (nSPS) is 14.8. The third kappa shape index (κ3) is 3.88. The summed E-state index contributed by atoms with van der Waals surface area (Å²) in [6.07, 6.45) is 3.36. The van der Waals surface area contributed by atoms with E-state index in [2.05, 4.69) is 16.6 Å². The fraction of sp³-hybridized carbons (Fsp3) is 0.120. The smallest absolute Gasteiger partial charge is 0.282 e. The van der Waals surface area contributed by atoms with E-state index in [1.165, 1.54) is 5.01 Å². The Bertz CT molecular complexity index is 1170. The van der Waals surface area contributed by atoms with Gasteiger partial charge in [-0.05, 0) is 68.0 Å². The van der Waals surface area contributed by atoms with Crippen molar-refractivity contribution in [2.45, 2.75) is 13.8 Å². The van der Waals surface area contributed by atoms with Gasteiger partial charge in [0.05, 0.1) is 5.69 Å². The summed E-state index contributed by atoms with van der Waals surface area (Å²) < 4.78 is 7.63. The second-order valence-electron chi connectivity index (χ2n) is 7.23. The highest BCUT2D eigenvalue weighted by Crippen LogP contribution is 2.26. The predicted octanol–water partition coefficient (Wildman–Crippen LogP) is 4.12. The van der Waals surface area contributed by atoms with Gasteiger partial charge in [0.2, 0.25) is 0 Å². The van der Waals surface area contributed by atoms with E-state index in [1.807, 2.05) is 62.4 Å². The first-order valence-corrected chi connectivity index (χ1v) is 9.95. The van der Waals surface area contributed by atoms with Gasteiger partial charge in [-0.2, -0.15) is 0 Å². The Labute approximate surface area is 181 Å². The van der Waals surface area contributed by atoms with Crippen molar-refractivity contribution in [3.8, 4) is 11.4 Å². The number of carbonyl (C=O) groups excluding carboxylic acids is 2. The number of para-hydroxylation sites is 1. The Balaban J connectivity index is 1.64. The lowest BCUT2D eigenvalue weighted by atomic mass is 10.1. The van der Waals surface area contributed by atoms with E-state index in [4.69, 9.17) is 4.74 Å². The number of hydrazine groups is 1. The quantitative estimate of drug-likeness (QED) is 0.376. The van der Waals surface area contributed by atoms with Crippen molar-refractivity contribution in [2.24, 2.45) is 0 Å². The van der Waals surface area contributed by atoms with Crippen LogP contribution in [0.2, 0.25) is 0 Å². The van der Waals surface area contributed by atoms with Crippen LogP contribution in [0.3, 0.4) is 0 Å². The molecule has 6 nitrogen and oxygen atoms in total. The molecule has 2 amide bonds. The van der Waals surface area contributed by atoms with E-state index >= 15 is 0 Å². The molecule has 1 N–H and O–H groups in total. The molecule has 0 atom stereocenters. The first kappa shape index (κ1) is 20.2. The maximum Gasteiger partial charge on any atom is 0.282 e. The van der Waals surface area contributed by atoms with Crippen LogP contribution in [0, 0.1) is 13.8 Å². The van der Waals surface area contributed by atoms with Crippen LogP contribution in [-0.4, -0.2) is 23.0 Å². The summed E-state index contributed by atoms with van der Waals surface area (Å²) in [6.45, 7) is 8.06. The number of ether oxygens (including phenoxy) is 1. The number of anilines is 1. The van der Waals surface area contributed by atoms with Gasteiger partial charge in [0.15, 0.2) is 0 Å². The molecule has 1 aromatic heterocycles. The molecule has 31 heavy (non-hydrogen) atoms. The lowest BCUT2D eigenvalue weighted by Crippen LogP contribution is -2.35. The second-order valence-corrected chi connectivity index (χ2v) is 7.23. The maximum atomic E-state index is 12.9. The van der Waals surface area contributed by atoms with Gasteiger partial charge in [0, 0.05) is 17.1 Å². The van der Waals surface area contributed by atoms with Gasteiger partial charge in [0.1, 0.15) is 17.9 Å². The van der Waals surface area contributed by atoms with E-state index < -0.39 is 5.91 Å². The highest BCUT2D eigenvalue weighted by Gasteiger charge is 2.34. The number of hydrogen-bond acceptors (Lipinski definition) is 3. The summed E-state index contributed by atoms with van der Waals surface area (Å²) >= 11 is 0. The summed E-state index contributed by atoms with van der Waals surface area (Å²) in [6, 6.07) is 18.8. The van der Waals surface area contributed by atoms with Gasteiger partial charge in [-0.25, -0.2) is 5.01 Å². The molecule has 2 heterocycles. The van der Waals surface area contributed by atoms with Gasteiger partial charge in [0.25, 0.3) is 11.8 Å². The van der Waals surface area contributed by atoms with E-state index in [-0.39, 0.29) is 11.5 Å². The number of aromatic nitrogens is 1. The van der Waals surface area contributed by atoms with Crippen molar-refractivity contribution in [3.63, 3.8) is 0 Å². The number of hydrogen-bond donors (Lipinski definition) is 1. The second kappa shape index (κ2) is 8.36. The molecule has 1 saturated heterocycles. The number of amides is 2. The Morgan fingerprint density at radius 1 is 1.00 bits per heavy atom. The summed E-state index contributed by atoms with van der Waals surface area (Å²) in [5.74, 6) is -0.0187. The molecule has 156 valence electrons. The summed E-state index contributed by atoms with van der Waals surface area (Å²) in [5.41, 5.74) is 7.08. The predicted molar refractivity (Wildman–Crippen MR) is 121 cm³/mol. The number of nitrogens with zero attached hydrogens (tertiary/aromatic N) is 2. The molecular formula is C25H23N3O3. The van der Waals surface area contributed by atoms with Crippen LogP contribution in [0.1, 0.15) is 17.0 Å². The average molecular weight is 413 g/mol. The highest BCUT2D eigenvalue weighted by molar-refractivity contribution is 6.31. The molecule has 0 radical (unpaired) electrons. The number of aryl methyl sites for hydroxylation is 1. The van der Waals surface area contributed by atoms with Crippen LogP contribution in [0.5, 0.6) is 5.75 Å². The lowest BCUT2D eigenvalue weighted by molar-refractivity contribution is -0.117. The van der Waals surface area contributed by atoms with Crippen LogP contribution >= 0.6 is 0 Å². The van der Waals surface area contributed by atoms with Crippen LogP contribution in [0.15, 0.2) is 78.9 Å². The lowest BCUT2D eigenvalue weighted by Gasteiger charge is -2.13. The summed E-state index contributed by atoms with van der Waals surface area (Å²) in [4.78, 5) is 25.4. The van der Waals surface area contributed by atoms with Crippen LogP contribution in [0.25, 0.3) is 11.8 Å². The molecule has 1 aliphatic heterocycles. The zero-order valence-corrected chi connectivity index (χ0v) is 17.5. The molecule has 0 saturated carbocycles. The van der Waals surface area contributed by atoms with E-state index in [0.29, 0.717) is 12.3 Å². The van der Waals surface area contributed by atoms with E-state index in [0.717, 1.165) is 28.4 Å². The minimum Gasteiger partial charge on any atom is -0.490 e. The monoisotopic (exact) mass is 413 g/mol. The Morgan fingerprint density at radius 3 is 2.39 bits per heavy atom. The maximum absolute atomic E-state index is 12.9. The standard InChI is InChI=1S/C25H23N3O3/c1-4-14-31-22-12-10-20(11-13-22)27-17(2)15-19(18(27)3)16-23-24(29)26-28(25(23)30)21-8-6-5-7-9-21/h4-13,15-16H,1,14H2,2-3H3,(H,26,29)/b23-16-. The molecule has 0 aliphatic carbocycles. The topological polar surface area (TPSA) is 63.6 Å². The minimum absolute atomic E-state index is 0.109. The first-order valence-electron chi connectivity index (χ1n) is 9.95. The van der Waals surface area contributed by atoms with Crippen molar-refractivity contribution in [3.05, 3.63) is 95.8 Å². The highest BCUT2D eigenvalue weighted by atomic mass is 16.5. The summed E-state index contributed by atoms with van der Waals surface area (Å²) in [7, 11) is 0. The average Bonchev–Trinajstić information content (AvgIpc) is 3.23. The third-order valence-corrected chi connectivity index (χ3v) is 5.14. The molecule has 6 heteroatoms. The number of carbonyl (C=O) groups is 2. The molecule has 2 aromatic carbocycles. The van der Waals surface area contributed by atoms with Crippen molar-refractivity contribution in [2.75, 3.05) is 11.6 Å². The van der Waals surface area contributed by atoms with Crippen molar-refractivity contribution >= 4 is 23.6 Å². The minimum atomic E-state index is -0.414. The largest absolute Gasteiger partial charge is 0.490 e. The molecule has 0 unspecified atom stereocenters. The van der Waals surface area contributed by atoms with Crippen molar-refractivity contribution in [1.82, 2.24) is 9.99 Å². The zero-order valence-electron chi connectivity index (χ0n) is 17.5. The van der Waals surface area contributed by atoms with Crippen LogP contribution in [-0.2, 0) is 9.59 Å². The molecule has 1 fully saturated rings. The number of rotatable bonds is 6. The van der Waals surface area contributed by atoms with Crippen LogP contribution in [0.4, 0.5) is 5.69 Å². The van der Waals surface area contributed by atoms with E-state index in [1.54, 1.807) is 24.3 Å². The van der Waals surface area contributed by atoms with Gasteiger partial charge in [-0.3, -0.25) is 15.0 Å². The SMILES string of the molecule is C=CCOc1ccc(-n2c(C)cc(/C=C3/C(=O)NN(c4ccccc4)C3=O)c2C)cc1. The van der Waals surface area contributed by atoms with Crippen molar-refractivity contribution < 1.29 is 14.3 Å². The van der Waals surface area contributed by atoms with Gasteiger partial charge in [-0.1, -0.05) is 30.9 Å². The fourth-order valence-corrected chi connectivity index (χ4v) is 3.65. The molecule has 0 spiro atoms. The zero-order chi connectivity index (χ0) is 22.0. The fourth-order valence-electron chi connectivity index (χ4n) is 3.65. The molecule has 0 bridgehead atoms. The van der Waals surface area contributed by atoms with Crippen molar-refractivity contribution in [1.29, 1.82) is 0 Å². The Morgan fingerprint density at radius 2 is 1.71 bits per heavy atom. The van der Waals surface area contributed by atoms with Gasteiger partial charge in [-0.15, -0.1) is 0 Å². The molecule has 3 aromatic rings. The molecular weight excluding hydrogens is 390 g/mol. The van der Waals surface area contributed by atoms with Gasteiger partial charge >= 0.3 is 0 Å². The molecule has 4 rings (SSSR count). The number of nitrogens with one attached hydrogen (secondary N) is 1.